The van der Waals surface area contributed by atoms with Crippen molar-refractivity contribution in [2.24, 2.45) is 5.84 Å². The Morgan fingerprint density at radius 3 is 2.45 bits per heavy atom. The van der Waals surface area contributed by atoms with Crippen LogP contribution in [-0.2, 0) is 0 Å². The van der Waals surface area contributed by atoms with Crippen LogP contribution < -0.4 is 16.0 Å². The summed E-state index contributed by atoms with van der Waals surface area (Å²) in [5.41, 5.74) is 8.18. The van der Waals surface area contributed by atoms with E-state index in [9.17, 15) is 5.11 Å². The minimum absolute atomic E-state index is 0.159. The number of benzene rings is 2. The van der Waals surface area contributed by atoms with Gasteiger partial charge in [-0.25, -0.2) is 0 Å². The van der Waals surface area contributed by atoms with Crippen molar-refractivity contribution in [2.75, 3.05) is 7.11 Å². The highest BCUT2D eigenvalue weighted by Gasteiger charge is 2.21. The molecule has 0 saturated heterocycles. The van der Waals surface area contributed by atoms with Crippen LogP contribution in [0.25, 0.3) is 22.2 Å². The van der Waals surface area contributed by atoms with Crippen LogP contribution in [0.2, 0.25) is 0 Å². The number of hydrogen-bond acceptors (Lipinski definition) is 4. The number of aliphatic hydroxyl groups is 1. The van der Waals surface area contributed by atoms with E-state index in [4.69, 9.17) is 10.6 Å². The quantitative estimate of drug-likeness (QED) is 0.141. The van der Waals surface area contributed by atoms with E-state index in [0.29, 0.717) is 17.2 Å². The zero-order chi connectivity index (χ0) is 22.7. The molecule has 31 heavy (non-hydrogen) atoms. The Morgan fingerprint density at radius 2 is 1.87 bits per heavy atom. The number of nitrogens with zero attached hydrogens (tertiary/aromatic N) is 1. The minimum atomic E-state index is 0.159. The van der Waals surface area contributed by atoms with Gasteiger partial charge in [0.1, 0.15) is 11.5 Å². The smallest absolute Gasteiger partial charge is 0.143 e. The summed E-state index contributed by atoms with van der Waals surface area (Å²) in [6, 6.07) is 14.5. The molecule has 164 valence electrons. The highest BCUT2D eigenvalue weighted by Crippen LogP contribution is 2.39. The summed E-state index contributed by atoms with van der Waals surface area (Å²) in [5.74, 6) is 7.37. The number of nitrogens with one attached hydrogen (secondary N) is 1. The van der Waals surface area contributed by atoms with Crippen molar-refractivity contribution in [3.63, 3.8) is 0 Å². The normalized spacial score (nSPS) is 13.1. The highest BCUT2D eigenvalue weighted by molar-refractivity contribution is 6.05. The molecule has 1 aromatic heterocycles. The first kappa shape index (κ1) is 22.5. The van der Waals surface area contributed by atoms with Gasteiger partial charge in [0.15, 0.2) is 0 Å². The molecule has 0 aliphatic rings. The second kappa shape index (κ2) is 9.31. The molecule has 0 unspecified atom stereocenters. The van der Waals surface area contributed by atoms with E-state index in [2.05, 4.69) is 62.1 Å². The summed E-state index contributed by atoms with van der Waals surface area (Å²) < 4.78 is 7.83. The topological polar surface area (TPSA) is 72.4 Å². The Kier molecular flexibility index (Phi) is 6.76. The van der Waals surface area contributed by atoms with Gasteiger partial charge in [-0.2, -0.15) is 0 Å². The van der Waals surface area contributed by atoms with Crippen LogP contribution in [0.3, 0.4) is 0 Å². The molecule has 0 spiro atoms. The fraction of sp³-hybridized carbons (Fsp3) is 0.308. The molecule has 0 bridgehead atoms. The number of fused-ring (bicyclic) bond motifs is 1. The van der Waals surface area contributed by atoms with Crippen LogP contribution in [0.5, 0.6) is 5.75 Å². The van der Waals surface area contributed by atoms with E-state index in [1.54, 1.807) is 13.2 Å². The maximum Gasteiger partial charge on any atom is 0.143 e. The number of nitrogens with two attached hydrogens (primary N) is 1. The molecule has 3 aromatic rings. The van der Waals surface area contributed by atoms with Gasteiger partial charge in [0.25, 0.3) is 0 Å². The van der Waals surface area contributed by atoms with Gasteiger partial charge in [-0.1, -0.05) is 32.0 Å². The summed E-state index contributed by atoms with van der Waals surface area (Å²) in [4.78, 5) is 0. The van der Waals surface area contributed by atoms with Crippen LogP contribution in [-0.4, -0.2) is 16.8 Å². The van der Waals surface area contributed by atoms with Crippen LogP contribution in [0.4, 0.5) is 0 Å². The average Bonchev–Trinajstić information content (AvgIpc) is 3.22. The molecule has 0 fully saturated rings. The van der Waals surface area contributed by atoms with Gasteiger partial charge in [0.2, 0.25) is 0 Å². The van der Waals surface area contributed by atoms with Crippen molar-refractivity contribution in [1.29, 1.82) is 0 Å². The first-order chi connectivity index (χ1) is 14.8. The first-order valence-corrected chi connectivity index (χ1v) is 10.7. The van der Waals surface area contributed by atoms with Crippen molar-refractivity contribution < 1.29 is 9.84 Å². The molecular formula is C26H33N3O2. The maximum atomic E-state index is 11.0. The fourth-order valence-corrected chi connectivity index (χ4v) is 3.96. The third kappa shape index (κ3) is 4.19. The number of rotatable bonds is 7. The second-order valence-corrected chi connectivity index (χ2v) is 8.24. The number of methoxy groups -OCH3 is 1. The second-order valence-electron chi connectivity index (χ2n) is 8.24. The predicted molar refractivity (Wildman–Crippen MR) is 130 cm³/mol. The Morgan fingerprint density at radius 1 is 1.13 bits per heavy atom. The monoisotopic (exact) mass is 419 g/mol. The molecule has 0 saturated carbocycles. The summed E-state index contributed by atoms with van der Waals surface area (Å²) in [6.45, 7) is 10.4. The van der Waals surface area contributed by atoms with Crippen molar-refractivity contribution in [1.82, 2.24) is 9.99 Å². The van der Waals surface area contributed by atoms with E-state index in [0.717, 1.165) is 27.8 Å². The molecule has 5 heteroatoms. The molecule has 1 heterocycles. The Bertz CT molecular complexity index is 1140. The Hall–Kier alpha value is -3.18. The zero-order valence-corrected chi connectivity index (χ0v) is 19.2. The number of hydrogen-bond donors (Lipinski definition) is 3. The van der Waals surface area contributed by atoms with Crippen LogP contribution >= 0.6 is 0 Å². The van der Waals surface area contributed by atoms with Gasteiger partial charge in [0.05, 0.1) is 18.3 Å². The first-order valence-electron chi connectivity index (χ1n) is 10.7. The average molecular weight is 420 g/mol. The molecule has 2 aromatic carbocycles. The molecule has 5 nitrogen and oxygen atoms in total. The molecule has 0 radical (unpaired) electrons. The van der Waals surface area contributed by atoms with E-state index < -0.39 is 0 Å². The molecule has 0 atom stereocenters. The molecule has 0 aliphatic heterocycles. The van der Waals surface area contributed by atoms with E-state index in [1.807, 2.05) is 31.2 Å². The lowest BCUT2D eigenvalue weighted by Gasteiger charge is -2.19. The maximum absolute atomic E-state index is 11.0. The van der Waals surface area contributed by atoms with Crippen molar-refractivity contribution in [3.8, 4) is 5.75 Å². The van der Waals surface area contributed by atoms with Gasteiger partial charge in [-0.3, -0.25) is 5.84 Å². The number of hydrazine groups is 1. The lowest BCUT2D eigenvalue weighted by molar-refractivity contribution is 0.416. The SMILES string of the molecule is C/C=C(O)\C(=C(/NN)c1cccc(C(C)C)c1)c1ccc(OC)c2c1ccn2C(C)C. The lowest BCUT2D eigenvalue weighted by Crippen LogP contribution is -2.22. The van der Waals surface area contributed by atoms with Crippen LogP contribution in [0.1, 0.15) is 63.3 Å². The number of aliphatic hydroxyl groups excluding tert-OH is 1. The van der Waals surface area contributed by atoms with E-state index in [-0.39, 0.29) is 11.8 Å². The van der Waals surface area contributed by atoms with Crippen LogP contribution in [0.15, 0.2) is 60.5 Å². The van der Waals surface area contributed by atoms with E-state index >= 15 is 0 Å². The predicted octanol–water partition coefficient (Wildman–Crippen LogP) is 6.15. The van der Waals surface area contributed by atoms with E-state index in [1.165, 1.54) is 5.56 Å². The molecule has 0 aliphatic carbocycles. The standard InChI is InChI=1S/C26H33N3O2/c1-7-22(30)24(25(28-27)19-10-8-9-18(15-19)16(2)3)20-11-12-23(31-6)26-21(20)13-14-29(26)17(4)5/h7-17,28,30H,27H2,1-6H3/b22-7+,25-24-. The molecular weight excluding hydrogens is 386 g/mol. The summed E-state index contributed by atoms with van der Waals surface area (Å²) in [6.07, 6.45) is 3.75. The van der Waals surface area contributed by atoms with Gasteiger partial charge in [-0.05, 0) is 73.7 Å². The third-order valence-electron chi connectivity index (χ3n) is 5.65. The zero-order valence-electron chi connectivity index (χ0n) is 19.2. The van der Waals surface area contributed by atoms with Gasteiger partial charge >= 0.3 is 0 Å². The molecule has 0 amide bonds. The molecule has 4 N–H and O–H groups in total. The van der Waals surface area contributed by atoms with Crippen molar-refractivity contribution in [2.45, 2.75) is 46.6 Å². The minimum Gasteiger partial charge on any atom is -0.508 e. The lowest BCUT2D eigenvalue weighted by atomic mass is 9.93. The molecule has 3 rings (SSSR count). The van der Waals surface area contributed by atoms with Crippen molar-refractivity contribution >= 4 is 22.2 Å². The fourth-order valence-electron chi connectivity index (χ4n) is 3.96. The number of ether oxygens (including phenoxy) is 1. The summed E-state index contributed by atoms with van der Waals surface area (Å²) in [7, 11) is 1.68. The summed E-state index contributed by atoms with van der Waals surface area (Å²) >= 11 is 0. The number of aromatic nitrogens is 1. The Balaban J connectivity index is 2.39. The van der Waals surface area contributed by atoms with Crippen molar-refractivity contribution in [3.05, 3.63) is 77.2 Å². The van der Waals surface area contributed by atoms with Crippen LogP contribution in [0, 0.1) is 0 Å². The largest absolute Gasteiger partial charge is 0.508 e. The Labute approximate surface area is 184 Å². The summed E-state index contributed by atoms with van der Waals surface area (Å²) in [5, 5.41) is 12.0. The van der Waals surface area contributed by atoms with Gasteiger partial charge in [-0.15, -0.1) is 0 Å². The highest BCUT2D eigenvalue weighted by atomic mass is 16.5. The van der Waals surface area contributed by atoms with Gasteiger partial charge in [0, 0.05) is 23.2 Å². The number of allylic oxidation sites excluding steroid dienone is 2. The van der Waals surface area contributed by atoms with Gasteiger partial charge < -0.3 is 19.8 Å². The third-order valence-corrected chi connectivity index (χ3v) is 5.65.